The lowest BCUT2D eigenvalue weighted by Crippen LogP contribution is -2.43. The van der Waals surface area contributed by atoms with Gasteiger partial charge >= 0.3 is 0 Å². The summed E-state index contributed by atoms with van der Waals surface area (Å²) in [6.07, 6.45) is 0. The van der Waals surface area contributed by atoms with Crippen LogP contribution in [-0.4, -0.2) is 24.9 Å². The topological polar surface area (TPSA) is 29.3 Å². The van der Waals surface area contributed by atoms with Crippen LogP contribution in [0.2, 0.25) is 0 Å². The molecule has 0 saturated heterocycles. The monoisotopic (exact) mass is 286 g/mol. The maximum absolute atomic E-state index is 5.79. The van der Waals surface area contributed by atoms with Crippen LogP contribution in [0.3, 0.4) is 0 Å². The normalized spacial score (nSPS) is 25.2. The van der Waals surface area contributed by atoms with Gasteiger partial charge in [-0.2, -0.15) is 0 Å². The second kappa shape index (κ2) is 4.36. The van der Waals surface area contributed by atoms with Gasteiger partial charge in [0.2, 0.25) is 0 Å². The summed E-state index contributed by atoms with van der Waals surface area (Å²) in [4.78, 5) is 3.64. The Morgan fingerprint density at radius 2 is 2.27 bits per heavy atom. The van der Waals surface area contributed by atoms with Crippen molar-refractivity contribution < 1.29 is 0 Å². The number of nitrogens with zero attached hydrogens (tertiary/aromatic N) is 1. The Kier molecular flexibility index (Phi) is 3.28. The van der Waals surface area contributed by atoms with Gasteiger partial charge in [-0.25, -0.2) is 0 Å². The van der Waals surface area contributed by atoms with Crippen LogP contribution in [0, 0.1) is 0 Å². The maximum Gasteiger partial charge on any atom is 0.0505 e. The first kappa shape index (κ1) is 11.3. The quantitative estimate of drug-likeness (QED) is 0.861. The van der Waals surface area contributed by atoms with Gasteiger partial charge in [0.1, 0.15) is 0 Å². The van der Waals surface area contributed by atoms with Gasteiger partial charge < -0.3 is 10.6 Å². The van der Waals surface area contributed by atoms with Crippen LogP contribution in [0.5, 0.6) is 0 Å². The van der Waals surface area contributed by atoms with E-state index in [2.05, 4.69) is 53.0 Å². The van der Waals surface area contributed by atoms with E-state index < -0.39 is 0 Å². The molecule has 0 fully saturated rings. The van der Waals surface area contributed by atoms with Gasteiger partial charge in [0.25, 0.3) is 0 Å². The standard InChI is InChI=1S/C11H15BrN2S/c1-7-11(6-13)15-10-5-8(12)3-4-9(10)14(7)2/h3-5,7,11H,6,13H2,1-2H3. The summed E-state index contributed by atoms with van der Waals surface area (Å²) in [6, 6.07) is 6.92. The third-order valence-electron chi connectivity index (χ3n) is 2.96. The van der Waals surface area contributed by atoms with Crippen molar-refractivity contribution in [3.8, 4) is 0 Å². The van der Waals surface area contributed by atoms with Crippen molar-refractivity contribution in [2.45, 2.75) is 23.1 Å². The molecule has 1 aliphatic rings. The summed E-state index contributed by atoms with van der Waals surface area (Å²) in [5, 5.41) is 0.483. The first-order valence-electron chi connectivity index (χ1n) is 5.02. The summed E-state index contributed by atoms with van der Waals surface area (Å²) >= 11 is 5.39. The Hall–Kier alpha value is -0.190. The zero-order chi connectivity index (χ0) is 11.0. The summed E-state index contributed by atoms with van der Waals surface area (Å²) in [5.41, 5.74) is 7.10. The molecule has 0 aliphatic carbocycles. The SMILES string of the molecule is CC1C(CN)Sc2cc(Br)ccc2N1C. The minimum absolute atomic E-state index is 0.483. The molecule has 82 valence electrons. The first-order valence-corrected chi connectivity index (χ1v) is 6.70. The highest BCUT2D eigenvalue weighted by molar-refractivity contribution is 9.10. The number of halogens is 1. The predicted octanol–water partition coefficient (Wildman–Crippen LogP) is 2.71. The molecule has 4 heteroatoms. The minimum atomic E-state index is 0.483. The largest absolute Gasteiger partial charge is 0.370 e. The van der Waals surface area contributed by atoms with Gasteiger partial charge in [0.05, 0.1) is 5.69 Å². The molecule has 2 nitrogen and oxygen atoms in total. The smallest absolute Gasteiger partial charge is 0.0505 e. The van der Waals surface area contributed by atoms with Crippen molar-refractivity contribution in [2.75, 3.05) is 18.5 Å². The van der Waals surface area contributed by atoms with Crippen LogP contribution in [0.4, 0.5) is 5.69 Å². The Labute approximate surface area is 103 Å². The molecule has 2 rings (SSSR count). The molecule has 0 amide bonds. The molecule has 0 bridgehead atoms. The van der Waals surface area contributed by atoms with E-state index in [9.17, 15) is 0 Å². The van der Waals surface area contributed by atoms with Gasteiger partial charge in [-0.1, -0.05) is 15.9 Å². The van der Waals surface area contributed by atoms with Crippen molar-refractivity contribution in [2.24, 2.45) is 5.73 Å². The minimum Gasteiger partial charge on any atom is -0.370 e. The third kappa shape index (κ3) is 2.03. The molecule has 1 aromatic rings. The number of hydrogen-bond donors (Lipinski definition) is 1. The van der Waals surface area contributed by atoms with Crippen molar-refractivity contribution in [1.29, 1.82) is 0 Å². The van der Waals surface area contributed by atoms with Crippen LogP contribution in [-0.2, 0) is 0 Å². The number of fused-ring (bicyclic) bond motifs is 1. The molecule has 2 unspecified atom stereocenters. The van der Waals surface area contributed by atoms with Crippen LogP contribution in [0.15, 0.2) is 27.6 Å². The van der Waals surface area contributed by atoms with E-state index in [1.807, 2.05) is 11.8 Å². The zero-order valence-corrected chi connectivity index (χ0v) is 11.3. The molecule has 0 spiro atoms. The number of thioether (sulfide) groups is 1. The first-order chi connectivity index (χ1) is 7.13. The molecule has 1 aromatic carbocycles. The van der Waals surface area contributed by atoms with E-state index in [0.717, 1.165) is 11.0 Å². The highest BCUT2D eigenvalue weighted by Crippen LogP contribution is 2.41. The molecule has 1 heterocycles. The van der Waals surface area contributed by atoms with E-state index in [1.165, 1.54) is 10.6 Å². The van der Waals surface area contributed by atoms with E-state index in [1.54, 1.807) is 0 Å². The second-order valence-corrected chi connectivity index (χ2v) is 6.05. The predicted molar refractivity (Wildman–Crippen MR) is 70.7 cm³/mol. The Bertz CT molecular complexity index is 370. The van der Waals surface area contributed by atoms with Crippen LogP contribution >= 0.6 is 27.7 Å². The molecular formula is C11H15BrN2S. The highest BCUT2D eigenvalue weighted by Gasteiger charge is 2.28. The number of hydrogen-bond acceptors (Lipinski definition) is 3. The van der Waals surface area contributed by atoms with E-state index >= 15 is 0 Å². The molecule has 0 aromatic heterocycles. The average Bonchev–Trinajstić information content (AvgIpc) is 2.23. The highest BCUT2D eigenvalue weighted by atomic mass is 79.9. The van der Waals surface area contributed by atoms with E-state index in [-0.39, 0.29) is 0 Å². The zero-order valence-electron chi connectivity index (χ0n) is 8.90. The summed E-state index contributed by atoms with van der Waals surface area (Å²) < 4.78 is 1.13. The van der Waals surface area contributed by atoms with E-state index in [4.69, 9.17) is 5.73 Å². The molecule has 2 atom stereocenters. The van der Waals surface area contributed by atoms with Crippen LogP contribution in [0.1, 0.15) is 6.92 Å². The molecule has 2 N–H and O–H groups in total. The molecule has 0 saturated carbocycles. The van der Waals surface area contributed by atoms with Gasteiger partial charge in [0, 0.05) is 34.3 Å². The van der Waals surface area contributed by atoms with Crippen molar-refractivity contribution in [3.05, 3.63) is 22.7 Å². The van der Waals surface area contributed by atoms with Crippen molar-refractivity contribution >= 4 is 33.4 Å². The summed E-state index contributed by atoms with van der Waals surface area (Å²) in [6.45, 7) is 2.96. The van der Waals surface area contributed by atoms with Crippen LogP contribution < -0.4 is 10.6 Å². The fourth-order valence-corrected chi connectivity index (χ4v) is 3.69. The Balaban J connectivity index is 2.40. The molecule has 0 radical (unpaired) electrons. The molecule has 15 heavy (non-hydrogen) atoms. The Morgan fingerprint density at radius 1 is 1.53 bits per heavy atom. The lowest BCUT2D eigenvalue weighted by molar-refractivity contribution is 0.636. The fourth-order valence-electron chi connectivity index (χ4n) is 1.85. The fraction of sp³-hybridized carbons (Fsp3) is 0.455. The Morgan fingerprint density at radius 3 is 2.93 bits per heavy atom. The number of benzene rings is 1. The summed E-state index contributed by atoms with van der Waals surface area (Å²) in [5.74, 6) is 0. The lowest BCUT2D eigenvalue weighted by Gasteiger charge is -2.38. The van der Waals surface area contributed by atoms with Gasteiger partial charge in [-0.15, -0.1) is 11.8 Å². The van der Waals surface area contributed by atoms with Gasteiger partial charge in [-0.3, -0.25) is 0 Å². The van der Waals surface area contributed by atoms with Crippen LogP contribution in [0.25, 0.3) is 0 Å². The third-order valence-corrected chi connectivity index (χ3v) is 4.92. The molecule has 1 aliphatic heterocycles. The van der Waals surface area contributed by atoms with E-state index in [0.29, 0.717) is 11.3 Å². The van der Waals surface area contributed by atoms with Crippen molar-refractivity contribution in [1.82, 2.24) is 0 Å². The summed E-state index contributed by atoms with van der Waals surface area (Å²) in [7, 11) is 2.14. The number of nitrogens with two attached hydrogens (primary N) is 1. The average molecular weight is 287 g/mol. The lowest BCUT2D eigenvalue weighted by atomic mass is 10.1. The number of anilines is 1. The maximum atomic E-state index is 5.79. The molecular weight excluding hydrogens is 272 g/mol. The van der Waals surface area contributed by atoms with Gasteiger partial charge in [0.15, 0.2) is 0 Å². The van der Waals surface area contributed by atoms with Gasteiger partial charge in [-0.05, 0) is 25.1 Å². The van der Waals surface area contributed by atoms with Crippen molar-refractivity contribution in [3.63, 3.8) is 0 Å². The second-order valence-electron chi connectivity index (χ2n) is 3.86. The number of rotatable bonds is 1.